The van der Waals surface area contributed by atoms with Crippen molar-refractivity contribution in [3.8, 4) is 0 Å². The predicted octanol–water partition coefficient (Wildman–Crippen LogP) is 7.22. The number of fused-ring (bicyclic) bond motifs is 2. The molecule has 2 aromatic heterocycles. The topological polar surface area (TPSA) is 174 Å². The first-order valence-electron chi connectivity index (χ1n) is 24.5. The predicted molar refractivity (Wildman–Crippen MR) is 271 cm³/mol. The van der Waals surface area contributed by atoms with Crippen LogP contribution < -0.4 is 9.44 Å². The molecule has 366 valence electrons. The third kappa shape index (κ3) is 10.4. The van der Waals surface area contributed by atoms with Gasteiger partial charge in [-0.3, -0.25) is 38.8 Å². The lowest BCUT2D eigenvalue weighted by Crippen LogP contribution is -2.50. The van der Waals surface area contributed by atoms with E-state index in [1.807, 2.05) is 41.0 Å². The zero-order valence-electron chi connectivity index (χ0n) is 39.5. The quantitative estimate of drug-likeness (QED) is 0.120. The largest absolute Gasteiger partial charge is 0.381 e. The number of carbonyl (C=O) groups is 2. The number of sulfonamides is 2. The van der Waals surface area contributed by atoms with Crippen LogP contribution in [0.1, 0.15) is 69.9 Å². The third-order valence-electron chi connectivity index (χ3n) is 14.6. The Morgan fingerprint density at radius 3 is 1.97 bits per heavy atom. The maximum atomic E-state index is 14.1. The summed E-state index contributed by atoms with van der Waals surface area (Å²) in [6.45, 7) is 11.0. The molecule has 70 heavy (non-hydrogen) atoms. The molecule has 3 atom stereocenters. The highest BCUT2D eigenvalue weighted by molar-refractivity contribution is 7.93. The van der Waals surface area contributed by atoms with Gasteiger partial charge in [0.2, 0.25) is 0 Å². The van der Waals surface area contributed by atoms with Crippen LogP contribution >= 0.6 is 0 Å². The fourth-order valence-electron chi connectivity index (χ4n) is 10.9. The van der Waals surface area contributed by atoms with Gasteiger partial charge in [0.1, 0.15) is 9.79 Å². The van der Waals surface area contributed by atoms with E-state index in [2.05, 4.69) is 29.2 Å². The second-order valence-corrected chi connectivity index (χ2v) is 22.6. The molecule has 5 heterocycles. The minimum atomic E-state index is -4.05. The normalized spacial score (nSPS) is 20.7. The highest BCUT2D eigenvalue weighted by atomic mass is 32.2. The molecule has 15 nitrogen and oxygen atoms in total. The first-order valence-corrected chi connectivity index (χ1v) is 27.4. The third-order valence-corrected chi connectivity index (χ3v) is 17.5. The Kier molecular flexibility index (Phi) is 13.9. The standard InChI is InChI=1S/C53H60N8O7S2/c1-37-32-43(53(63)61-29-25-59(26-30-61)35-39-20-31-68-36-39)15-18-47(37)57-70(66,67)49-12-4-10-46-45(19-22-55-51(46)49)42-8-2-6-38(33-42)34-58-23-27-60(28-24-58)52(62)41-13-16-44(17-14-41)56-69(64,65)48-11-3-7-40-9-5-21-54-50(40)48/h3-5,7,9-19,21-22,32,38-39,42,56-57H,2,6,8,20,23-31,33-36H2,1H3. The van der Waals surface area contributed by atoms with Gasteiger partial charge in [-0.05, 0) is 128 Å². The Morgan fingerprint density at radius 1 is 0.643 bits per heavy atom. The minimum Gasteiger partial charge on any atom is -0.381 e. The smallest absolute Gasteiger partial charge is 0.264 e. The summed E-state index contributed by atoms with van der Waals surface area (Å²) >= 11 is 0. The maximum absolute atomic E-state index is 14.1. The first-order chi connectivity index (χ1) is 33.9. The Morgan fingerprint density at radius 2 is 1.27 bits per heavy atom. The number of aromatic nitrogens is 2. The molecule has 3 aliphatic heterocycles. The lowest BCUT2D eigenvalue weighted by atomic mass is 9.77. The molecular formula is C53H60N8O7S2. The van der Waals surface area contributed by atoms with Crippen molar-refractivity contribution >= 4 is 65.0 Å². The molecule has 2 amide bonds. The van der Waals surface area contributed by atoms with Gasteiger partial charge < -0.3 is 14.5 Å². The summed E-state index contributed by atoms with van der Waals surface area (Å²) < 4.78 is 65.9. The number of piperazine rings is 2. The monoisotopic (exact) mass is 984 g/mol. The van der Waals surface area contributed by atoms with Gasteiger partial charge in [0.15, 0.2) is 0 Å². The van der Waals surface area contributed by atoms with Gasteiger partial charge in [-0.1, -0.05) is 36.8 Å². The van der Waals surface area contributed by atoms with E-state index in [9.17, 15) is 26.4 Å². The van der Waals surface area contributed by atoms with Gasteiger partial charge in [0.25, 0.3) is 31.9 Å². The average Bonchev–Trinajstić information content (AvgIpc) is 3.90. The Bertz CT molecular complexity index is 3110. The molecule has 4 aromatic carbocycles. The van der Waals surface area contributed by atoms with Crippen LogP contribution in [0.15, 0.2) is 119 Å². The van der Waals surface area contributed by atoms with Gasteiger partial charge in [0.05, 0.1) is 23.3 Å². The number of anilines is 2. The molecule has 6 aromatic rings. The van der Waals surface area contributed by atoms with Crippen molar-refractivity contribution < 1.29 is 31.2 Å². The summed E-state index contributed by atoms with van der Waals surface area (Å²) in [5.41, 5.74) is 4.42. The number of benzene rings is 4. The lowest BCUT2D eigenvalue weighted by molar-refractivity contribution is 0.0600. The number of amides is 2. The van der Waals surface area contributed by atoms with Gasteiger partial charge >= 0.3 is 0 Å². The number of nitrogens with zero attached hydrogens (tertiary/aromatic N) is 6. The molecule has 2 N–H and O–H groups in total. The van der Waals surface area contributed by atoms with E-state index in [-0.39, 0.29) is 27.5 Å². The fraction of sp³-hybridized carbons (Fsp3) is 0.396. The molecule has 0 bridgehead atoms. The average molecular weight is 985 g/mol. The number of pyridine rings is 2. The zero-order valence-corrected chi connectivity index (χ0v) is 41.1. The summed E-state index contributed by atoms with van der Waals surface area (Å²) in [5.74, 6) is 1.12. The van der Waals surface area contributed by atoms with Crippen molar-refractivity contribution in [2.75, 3.05) is 88.1 Å². The summed E-state index contributed by atoms with van der Waals surface area (Å²) in [6.07, 6.45) is 8.52. The van der Waals surface area contributed by atoms with E-state index in [1.165, 1.54) is 6.07 Å². The molecule has 17 heteroatoms. The number of nitrogens with one attached hydrogen (secondary N) is 2. The van der Waals surface area contributed by atoms with Crippen LogP contribution in [0.4, 0.5) is 11.4 Å². The van der Waals surface area contributed by atoms with Crippen LogP contribution in [0.5, 0.6) is 0 Å². The van der Waals surface area contributed by atoms with Crippen molar-refractivity contribution in [2.45, 2.75) is 54.7 Å². The van der Waals surface area contributed by atoms with Crippen molar-refractivity contribution in [3.05, 3.63) is 132 Å². The van der Waals surface area contributed by atoms with Crippen LogP contribution in [0.3, 0.4) is 0 Å². The molecule has 3 saturated heterocycles. The molecule has 10 rings (SSSR count). The molecule has 1 saturated carbocycles. The summed E-state index contributed by atoms with van der Waals surface area (Å²) in [5, 5.41) is 1.56. The minimum absolute atomic E-state index is 0.0459. The molecule has 4 aliphatic rings. The highest BCUT2D eigenvalue weighted by Gasteiger charge is 2.31. The SMILES string of the molecule is Cc1cc(C(=O)N2CCN(CC3CCOC3)CC2)ccc1NS(=O)(=O)c1cccc2c(C3CCCC(CN4CCN(C(=O)c5ccc(NS(=O)(=O)c6cccc7cccnc67)cc5)CC4)C3)ccnc12. The van der Waals surface area contributed by atoms with Gasteiger partial charge in [-0.15, -0.1) is 0 Å². The summed E-state index contributed by atoms with van der Waals surface area (Å²) in [7, 11) is -7.97. The fourth-order valence-corrected chi connectivity index (χ4v) is 13.4. The van der Waals surface area contributed by atoms with Gasteiger partial charge in [-0.25, -0.2) is 16.8 Å². The van der Waals surface area contributed by atoms with Crippen LogP contribution in [-0.4, -0.2) is 137 Å². The Labute approximate surface area is 410 Å². The van der Waals surface area contributed by atoms with Gasteiger partial charge in [0, 0.05) is 112 Å². The summed E-state index contributed by atoms with van der Waals surface area (Å²) in [6, 6.07) is 27.7. The van der Waals surface area contributed by atoms with Crippen molar-refractivity contribution in [2.24, 2.45) is 11.8 Å². The Balaban J connectivity index is 0.730. The van der Waals surface area contributed by atoms with E-state index < -0.39 is 20.0 Å². The number of rotatable bonds is 13. The second kappa shape index (κ2) is 20.4. The van der Waals surface area contributed by atoms with E-state index in [0.717, 1.165) is 101 Å². The number of carbonyl (C=O) groups excluding carboxylic acids is 2. The van der Waals surface area contributed by atoms with Crippen molar-refractivity contribution in [3.63, 3.8) is 0 Å². The molecule has 0 radical (unpaired) electrons. The number of hydrogen-bond donors (Lipinski definition) is 2. The summed E-state index contributed by atoms with van der Waals surface area (Å²) in [4.78, 5) is 44.8. The lowest BCUT2D eigenvalue weighted by Gasteiger charge is -2.38. The second-order valence-electron chi connectivity index (χ2n) is 19.3. The van der Waals surface area contributed by atoms with E-state index >= 15 is 0 Å². The van der Waals surface area contributed by atoms with E-state index in [0.29, 0.717) is 77.1 Å². The number of hydrogen-bond acceptors (Lipinski definition) is 11. The molecule has 4 fully saturated rings. The van der Waals surface area contributed by atoms with Crippen LogP contribution in [0.25, 0.3) is 21.8 Å². The highest BCUT2D eigenvalue weighted by Crippen LogP contribution is 2.40. The number of ether oxygens (including phenoxy) is 1. The molecular weight excluding hydrogens is 925 g/mol. The van der Waals surface area contributed by atoms with E-state index in [1.54, 1.807) is 79.1 Å². The number of para-hydroxylation sites is 2. The molecule has 0 spiro atoms. The van der Waals surface area contributed by atoms with Crippen molar-refractivity contribution in [1.29, 1.82) is 0 Å². The first kappa shape index (κ1) is 47.7. The van der Waals surface area contributed by atoms with Crippen LogP contribution in [0.2, 0.25) is 0 Å². The van der Waals surface area contributed by atoms with Gasteiger partial charge in [-0.2, -0.15) is 0 Å². The van der Waals surface area contributed by atoms with E-state index in [4.69, 9.17) is 4.74 Å². The number of aryl methyl sites for hydroxylation is 1. The van der Waals surface area contributed by atoms with Crippen LogP contribution in [-0.2, 0) is 24.8 Å². The maximum Gasteiger partial charge on any atom is 0.264 e. The molecule has 3 unspecified atom stereocenters. The Hall–Kier alpha value is -5.98. The zero-order chi connectivity index (χ0) is 48.4. The van der Waals surface area contributed by atoms with Crippen molar-refractivity contribution in [1.82, 2.24) is 29.6 Å². The van der Waals surface area contributed by atoms with Crippen LogP contribution in [0, 0.1) is 18.8 Å². The molecule has 1 aliphatic carbocycles.